The molecule has 0 aliphatic carbocycles. The van der Waals surface area contributed by atoms with Crippen molar-refractivity contribution in [3.63, 3.8) is 0 Å². The molecule has 0 radical (unpaired) electrons. The van der Waals surface area contributed by atoms with Crippen LogP contribution in [-0.2, 0) is 4.74 Å². The van der Waals surface area contributed by atoms with Gasteiger partial charge < -0.3 is 25.4 Å². The predicted molar refractivity (Wildman–Crippen MR) is 64.5 cm³/mol. The molecule has 1 aliphatic rings. The van der Waals surface area contributed by atoms with Crippen molar-refractivity contribution in [1.29, 1.82) is 0 Å². The van der Waals surface area contributed by atoms with Crippen molar-refractivity contribution in [1.82, 2.24) is 0 Å². The van der Waals surface area contributed by atoms with Crippen molar-refractivity contribution < 1.29 is 25.0 Å². The Bertz CT molecular complexity index is 468. The van der Waals surface area contributed by atoms with E-state index in [2.05, 4.69) is 5.32 Å². The van der Waals surface area contributed by atoms with E-state index in [1.54, 1.807) is 6.07 Å². The highest BCUT2D eigenvalue weighted by atomic mass is 16.6. The van der Waals surface area contributed by atoms with Crippen LogP contribution in [-0.4, -0.2) is 51.4 Å². The molecule has 19 heavy (non-hydrogen) atoms. The van der Waals surface area contributed by atoms with Gasteiger partial charge in [0, 0.05) is 6.07 Å². The zero-order valence-electron chi connectivity index (χ0n) is 9.84. The number of nitrogens with one attached hydrogen (secondary N) is 1. The number of aliphatic hydroxyl groups excluding tert-OH is 3. The largest absolute Gasteiger partial charge is 0.394 e. The number of nitro groups is 1. The third kappa shape index (κ3) is 2.66. The van der Waals surface area contributed by atoms with Gasteiger partial charge in [-0.15, -0.1) is 0 Å². The van der Waals surface area contributed by atoms with Crippen LogP contribution >= 0.6 is 0 Å². The minimum absolute atomic E-state index is 0.166. The molecule has 2 rings (SSSR count). The lowest BCUT2D eigenvalue weighted by atomic mass is 10.1. The second-order valence-electron chi connectivity index (χ2n) is 4.18. The summed E-state index contributed by atoms with van der Waals surface area (Å²) in [6, 6.07) is 5.88. The van der Waals surface area contributed by atoms with E-state index >= 15 is 0 Å². The summed E-state index contributed by atoms with van der Waals surface area (Å²) in [5.41, 5.74) is 0.00239. The molecule has 8 nitrogen and oxygen atoms in total. The van der Waals surface area contributed by atoms with Crippen molar-refractivity contribution in [3.05, 3.63) is 34.4 Å². The number of ether oxygens (including phenoxy) is 1. The SMILES string of the molecule is O=[N+]([O-])c1ccccc1N[C@@H]1O[C@H](CO)[C@H](O)[C@H]1O. The Morgan fingerprint density at radius 2 is 2.00 bits per heavy atom. The Balaban J connectivity index is 2.16. The van der Waals surface area contributed by atoms with Crippen molar-refractivity contribution in [2.24, 2.45) is 0 Å². The summed E-state index contributed by atoms with van der Waals surface area (Å²) in [7, 11) is 0. The molecule has 0 aromatic heterocycles. The molecule has 0 spiro atoms. The summed E-state index contributed by atoms with van der Waals surface area (Å²) in [5, 5.41) is 41.7. The van der Waals surface area contributed by atoms with Crippen LogP contribution in [0.5, 0.6) is 0 Å². The first-order valence-corrected chi connectivity index (χ1v) is 5.67. The lowest BCUT2D eigenvalue weighted by Crippen LogP contribution is -2.36. The highest BCUT2D eigenvalue weighted by Gasteiger charge is 2.42. The number of benzene rings is 1. The molecule has 4 atom stereocenters. The van der Waals surface area contributed by atoms with Crippen molar-refractivity contribution >= 4 is 11.4 Å². The van der Waals surface area contributed by atoms with Gasteiger partial charge in [0.25, 0.3) is 5.69 Å². The van der Waals surface area contributed by atoms with Gasteiger partial charge >= 0.3 is 0 Å². The second-order valence-corrected chi connectivity index (χ2v) is 4.18. The molecule has 1 fully saturated rings. The summed E-state index contributed by atoms with van der Waals surface area (Å²) in [6.07, 6.45) is -4.47. The molecule has 0 amide bonds. The number of para-hydroxylation sites is 2. The number of rotatable bonds is 4. The monoisotopic (exact) mass is 270 g/mol. The first-order chi connectivity index (χ1) is 9.04. The molecule has 1 aliphatic heterocycles. The van der Waals surface area contributed by atoms with Gasteiger partial charge in [-0.05, 0) is 6.07 Å². The summed E-state index contributed by atoms with van der Waals surface area (Å²) >= 11 is 0. The van der Waals surface area contributed by atoms with Crippen LogP contribution in [0.25, 0.3) is 0 Å². The van der Waals surface area contributed by atoms with Crippen LogP contribution in [0.2, 0.25) is 0 Å². The first kappa shape index (κ1) is 13.7. The lowest BCUT2D eigenvalue weighted by Gasteiger charge is -2.17. The molecular weight excluding hydrogens is 256 g/mol. The summed E-state index contributed by atoms with van der Waals surface area (Å²) in [4.78, 5) is 10.3. The van der Waals surface area contributed by atoms with E-state index < -0.39 is 36.1 Å². The standard InChI is InChI=1S/C11H14N2O6/c14-5-8-9(15)10(16)11(19-8)12-6-3-1-2-4-7(6)13(17)18/h1-4,8-12,14-16H,5H2/t8-,9+,10-,11-/m1/s1. The quantitative estimate of drug-likeness (QED) is 0.427. The molecular formula is C11H14N2O6. The van der Waals surface area contributed by atoms with Gasteiger partial charge in [0.2, 0.25) is 0 Å². The minimum Gasteiger partial charge on any atom is -0.394 e. The number of hydrogen-bond acceptors (Lipinski definition) is 7. The maximum absolute atomic E-state index is 10.8. The molecule has 0 bridgehead atoms. The Labute approximate surface area is 108 Å². The summed E-state index contributed by atoms with van der Waals surface area (Å²) in [6.45, 7) is -0.451. The maximum atomic E-state index is 10.8. The zero-order chi connectivity index (χ0) is 14.0. The third-order valence-electron chi connectivity index (χ3n) is 2.94. The van der Waals surface area contributed by atoms with E-state index in [0.717, 1.165) is 0 Å². The molecule has 4 N–H and O–H groups in total. The van der Waals surface area contributed by atoms with Crippen LogP contribution in [0, 0.1) is 10.1 Å². The maximum Gasteiger partial charge on any atom is 0.292 e. The van der Waals surface area contributed by atoms with Crippen LogP contribution in [0.4, 0.5) is 11.4 Å². The minimum atomic E-state index is -1.28. The Morgan fingerprint density at radius 1 is 1.32 bits per heavy atom. The molecule has 1 aromatic rings. The van der Waals surface area contributed by atoms with Gasteiger partial charge in [-0.25, -0.2) is 0 Å². The van der Waals surface area contributed by atoms with E-state index in [1.807, 2.05) is 0 Å². The van der Waals surface area contributed by atoms with Crippen molar-refractivity contribution in [2.45, 2.75) is 24.5 Å². The summed E-state index contributed by atoms with van der Waals surface area (Å²) < 4.78 is 5.19. The van der Waals surface area contributed by atoms with Gasteiger partial charge in [-0.1, -0.05) is 12.1 Å². The van der Waals surface area contributed by atoms with E-state index in [4.69, 9.17) is 9.84 Å². The first-order valence-electron chi connectivity index (χ1n) is 5.67. The van der Waals surface area contributed by atoms with Gasteiger partial charge in [0.15, 0.2) is 6.23 Å². The molecule has 104 valence electrons. The molecule has 8 heteroatoms. The predicted octanol–water partition coefficient (Wildman–Crippen LogP) is -0.554. The number of nitrogens with zero attached hydrogens (tertiary/aromatic N) is 1. The number of anilines is 1. The van der Waals surface area contributed by atoms with E-state index in [-0.39, 0.29) is 11.4 Å². The lowest BCUT2D eigenvalue weighted by molar-refractivity contribution is -0.384. The Morgan fingerprint density at radius 3 is 2.58 bits per heavy atom. The number of aliphatic hydroxyl groups is 3. The number of nitro benzene ring substituents is 1. The second kappa shape index (κ2) is 5.49. The van der Waals surface area contributed by atoms with Gasteiger partial charge in [0.1, 0.15) is 24.0 Å². The van der Waals surface area contributed by atoms with Crippen molar-refractivity contribution in [3.8, 4) is 0 Å². The van der Waals surface area contributed by atoms with E-state index in [0.29, 0.717) is 0 Å². The number of hydrogen-bond donors (Lipinski definition) is 4. The average Bonchev–Trinajstić information content (AvgIpc) is 2.67. The van der Waals surface area contributed by atoms with Crippen LogP contribution in [0.1, 0.15) is 0 Å². The van der Waals surface area contributed by atoms with E-state index in [1.165, 1.54) is 18.2 Å². The van der Waals surface area contributed by atoms with Crippen LogP contribution in [0.3, 0.4) is 0 Å². The third-order valence-corrected chi connectivity index (χ3v) is 2.94. The fourth-order valence-electron chi connectivity index (χ4n) is 1.93. The molecule has 1 saturated heterocycles. The van der Waals surface area contributed by atoms with E-state index in [9.17, 15) is 20.3 Å². The van der Waals surface area contributed by atoms with Gasteiger partial charge in [-0.3, -0.25) is 10.1 Å². The average molecular weight is 270 g/mol. The van der Waals surface area contributed by atoms with Crippen molar-refractivity contribution in [2.75, 3.05) is 11.9 Å². The smallest absolute Gasteiger partial charge is 0.292 e. The fourth-order valence-corrected chi connectivity index (χ4v) is 1.93. The molecule has 1 heterocycles. The van der Waals surface area contributed by atoms with Crippen LogP contribution in [0.15, 0.2) is 24.3 Å². The fraction of sp³-hybridized carbons (Fsp3) is 0.455. The Kier molecular flexibility index (Phi) is 3.96. The topological polar surface area (TPSA) is 125 Å². The zero-order valence-corrected chi connectivity index (χ0v) is 9.84. The molecule has 0 unspecified atom stereocenters. The molecule has 1 aromatic carbocycles. The summed E-state index contributed by atoms with van der Waals surface area (Å²) in [5.74, 6) is 0. The Hall–Kier alpha value is -1.74. The van der Waals surface area contributed by atoms with Gasteiger partial charge in [-0.2, -0.15) is 0 Å². The normalized spacial score (nSPS) is 30.3. The highest BCUT2D eigenvalue weighted by molar-refractivity contribution is 5.61. The van der Waals surface area contributed by atoms with Crippen LogP contribution < -0.4 is 5.32 Å². The van der Waals surface area contributed by atoms with Gasteiger partial charge in [0.05, 0.1) is 11.5 Å². The molecule has 0 saturated carbocycles. The highest BCUT2D eigenvalue weighted by Crippen LogP contribution is 2.28.